The molecule has 160 valence electrons. The number of rotatable bonds is 5. The van der Waals surface area contributed by atoms with Crippen LogP contribution in [0.4, 0.5) is 8.78 Å². The van der Waals surface area contributed by atoms with Crippen molar-refractivity contribution in [3.05, 3.63) is 35.4 Å². The number of fused-ring (bicyclic) bond motifs is 1. The maximum absolute atomic E-state index is 15.5. The van der Waals surface area contributed by atoms with Gasteiger partial charge in [-0.3, -0.25) is 0 Å². The summed E-state index contributed by atoms with van der Waals surface area (Å²) in [6.07, 6.45) is -0.170. The topological polar surface area (TPSA) is 55.8 Å². The Kier molecular flexibility index (Phi) is 6.63. The number of halogens is 2. The Morgan fingerprint density at radius 2 is 1.90 bits per heavy atom. The van der Waals surface area contributed by atoms with Crippen LogP contribution >= 0.6 is 0 Å². The highest BCUT2D eigenvalue weighted by molar-refractivity contribution is 6.74. The molecule has 0 heterocycles. The Morgan fingerprint density at radius 1 is 1.28 bits per heavy atom. The zero-order valence-corrected chi connectivity index (χ0v) is 18.9. The highest BCUT2D eigenvalue weighted by Crippen LogP contribution is 2.57. The molecule has 7 heteroatoms. The highest BCUT2D eigenvalue weighted by Gasteiger charge is 2.67. The number of carbonyl (C=O) groups excluding carboxylic acids is 1. The highest BCUT2D eigenvalue weighted by atomic mass is 28.4. The molecule has 0 bridgehead atoms. The fraction of sp³-hybridized carbons (Fsp3) is 0.591. The lowest BCUT2D eigenvalue weighted by Gasteiger charge is -2.40. The van der Waals surface area contributed by atoms with Gasteiger partial charge in [0.1, 0.15) is 6.10 Å². The summed E-state index contributed by atoms with van der Waals surface area (Å²) < 4.78 is 42.0. The number of hydrogen-bond acceptors (Lipinski definition) is 4. The molecular weight excluding hydrogens is 394 g/mol. The largest absolute Gasteiger partial charge is 0.456 e. The molecule has 0 aromatic heterocycles. The lowest BCUT2D eigenvalue weighted by atomic mass is 9.94. The Hall–Kier alpha value is -1.75. The Morgan fingerprint density at radius 3 is 2.48 bits per heavy atom. The average Bonchev–Trinajstić information content (AvgIpc) is 2.78. The van der Waals surface area contributed by atoms with Crippen molar-refractivity contribution in [1.82, 2.24) is 0 Å². The molecule has 1 aromatic carbocycles. The third kappa shape index (κ3) is 4.40. The smallest absolute Gasteiger partial charge is 0.384 e. The van der Waals surface area contributed by atoms with Gasteiger partial charge in [-0.1, -0.05) is 58.4 Å². The molecule has 1 aromatic rings. The molecule has 0 fully saturated rings. The third-order valence-electron chi connectivity index (χ3n) is 5.74. The van der Waals surface area contributed by atoms with E-state index in [1.54, 1.807) is 12.1 Å². The van der Waals surface area contributed by atoms with E-state index in [1.165, 1.54) is 12.1 Å². The predicted molar refractivity (Wildman–Crippen MR) is 110 cm³/mol. The standard InChI is InChI=1S/C22H30F2O4Si/c1-7-8-15-27-18(25)13-14-21(26)17-12-10-9-11-16(17)19(22(21,23)24)28-29(5,6)20(2,3)4/h9-12,19,26H,7-8,15H2,1-6H3/t19-,21+/m0/s1. The summed E-state index contributed by atoms with van der Waals surface area (Å²) in [5.74, 6) is -0.519. The van der Waals surface area contributed by atoms with Crippen molar-refractivity contribution in [2.75, 3.05) is 6.61 Å². The van der Waals surface area contributed by atoms with Crippen molar-refractivity contribution < 1.29 is 27.8 Å². The van der Waals surface area contributed by atoms with Crippen LogP contribution < -0.4 is 0 Å². The SMILES string of the molecule is CCCCOC(=O)C#C[C@@]1(O)c2ccccc2[C@H](O[Si](C)(C)C(C)(C)C)C1(F)F. The van der Waals surface area contributed by atoms with Gasteiger partial charge in [0.15, 0.2) is 8.32 Å². The minimum Gasteiger partial charge on any atom is -0.456 e. The van der Waals surface area contributed by atoms with Crippen molar-refractivity contribution in [1.29, 1.82) is 0 Å². The van der Waals surface area contributed by atoms with Crippen LogP contribution in [0.5, 0.6) is 0 Å². The summed E-state index contributed by atoms with van der Waals surface area (Å²) >= 11 is 0. The first-order valence-corrected chi connectivity index (χ1v) is 12.8. The number of ether oxygens (including phenoxy) is 1. The van der Waals surface area contributed by atoms with E-state index < -0.39 is 31.9 Å². The lowest BCUT2D eigenvalue weighted by molar-refractivity contribution is -0.193. The fourth-order valence-electron chi connectivity index (χ4n) is 2.87. The van der Waals surface area contributed by atoms with Gasteiger partial charge in [-0.25, -0.2) is 4.79 Å². The first-order valence-electron chi connectivity index (χ1n) is 9.85. The molecule has 0 amide bonds. The molecule has 4 nitrogen and oxygen atoms in total. The number of carbonyl (C=O) groups is 1. The molecule has 0 saturated carbocycles. The van der Waals surface area contributed by atoms with Crippen LogP contribution in [0.3, 0.4) is 0 Å². The van der Waals surface area contributed by atoms with Gasteiger partial charge >= 0.3 is 11.9 Å². The minimum absolute atomic E-state index is 0.0393. The molecule has 29 heavy (non-hydrogen) atoms. The molecule has 1 aliphatic carbocycles. The predicted octanol–water partition coefficient (Wildman–Crippen LogP) is 4.93. The molecule has 2 atom stereocenters. The second kappa shape index (κ2) is 8.17. The van der Waals surface area contributed by atoms with E-state index in [1.807, 2.05) is 46.7 Å². The number of alkyl halides is 2. The van der Waals surface area contributed by atoms with Gasteiger partial charge in [-0.15, -0.1) is 0 Å². The van der Waals surface area contributed by atoms with Crippen molar-refractivity contribution >= 4 is 14.3 Å². The fourth-order valence-corrected chi connectivity index (χ4v) is 4.08. The maximum Gasteiger partial charge on any atom is 0.384 e. The quantitative estimate of drug-likeness (QED) is 0.239. The summed E-state index contributed by atoms with van der Waals surface area (Å²) in [7, 11) is -2.59. The molecule has 1 aliphatic rings. The maximum atomic E-state index is 15.5. The number of hydrogen-bond donors (Lipinski definition) is 1. The van der Waals surface area contributed by atoms with Crippen LogP contribution in [0, 0.1) is 11.8 Å². The zero-order chi connectivity index (χ0) is 22.1. The Bertz CT molecular complexity index is 820. The summed E-state index contributed by atoms with van der Waals surface area (Å²) in [5, 5.41) is 10.7. The van der Waals surface area contributed by atoms with E-state index in [2.05, 4.69) is 5.92 Å². The van der Waals surface area contributed by atoms with Gasteiger partial charge < -0.3 is 14.3 Å². The number of aliphatic hydroxyl groups is 1. The minimum atomic E-state index is -3.73. The zero-order valence-electron chi connectivity index (χ0n) is 17.9. The van der Waals surface area contributed by atoms with Gasteiger partial charge in [-0.2, -0.15) is 8.78 Å². The number of unbranched alkanes of at least 4 members (excludes halogenated alkanes) is 1. The van der Waals surface area contributed by atoms with Crippen LogP contribution in [-0.2, 0) is 19.6 Å². The van der Waals surface area contributed by atoms with Crippen molar-refractivity contribution in [3.8, 4) is 11.8 Å². The molecule has 0 spiro atoms. The second-order valence-electron chi connectivity index (χ2n) is 8.92. The van der Waals surface area contributed by atoms with Gasteiger partial charge in [-0.05, 0) is 36.0 Å². The normalized spacial score (nSPS) is 23.1. The van der Waals surface area contributed by atoms with E-state index in [4.69, 9.17) is 9.16 Å². The molecule has 2 rings (SSSR count). The van der Waals surface area contributed by atoms with E-state index in [0.29, 0.717) is 6.42 Å². The molecular formula is C22H30F2O4Si. The molecule has 0 radical (unpaired) electrons. The first kappa shape index (κ1) is 23.5. The molecule has 0 unspecified atom stereocenters. The third-order valence-corrected chi connectivity index (χ3v) is 10.2. The van der Waals surface area contributed by atoms with Gasteiger partial charge in [0.05, 0.1) is 6.61 Å². The van der Waals surface area contributed by atoms with Gasteiger partial charge in [0, 0.05) is 11.5 Å². The second-order valence-corrected chi connectivity index (χ2v) is 13.7. The Labute approximate surface area is 172 Å². The molecule has 0 aliphatic heterocycles. The number of esters is 1. The van der Waals surface area contributed by atoms with Gasteiger partial charge in [0.2, 0.25) is 5.60 Å². The Balaban J connectivity index is 2.44. The lowest BCUT2D eigenvalue weighted by Crippen LogP contribution is -2.49. The summed E-state index contributed by atoms with van der Waals surface area (Å²) in [6.45, 7) is 11.7. The summed E-state index contributed by atoms with van der Waals surface area (Å²) in [6, 6.07) is 6.08. The molecule has 1 N–H and O–H groups in total. The van der Waals surface area contributed by atoms with Crippen LogP contribution in [0.15, 0.2) is 24.3 Å². The van der Waals surface area contributed by atoms with E-state index in [-0.39, 0.29) is 22.8 Å². The van der Waals surface area contributed by atoms with E-state index >= 15 is 8.78 Å². The monoisotopic (exact) mass is 424 g/mol. The summed E-state index contributed by atoms with van der Waals surface area (Å²) in [5.41, 5.74) is -2.68. The van der Waals surface area contributed by atoms with Crippen LogP contribution in [-0.4, -0.2) is 31.9 Å². The van der Waals surface area contributed by atoms with Crippen LogP contribution in [0.25, 0.3) is 0 Å². The van der Waals surface area contributed by atoms with Crippen LogP contribution in [0.2, 0.25) is 18.1 Å². The average molecular weight is 425 g/mol. The molecule has 0 saturated heterocycles. The van der Waals surface area contributed by atoms with Crippen molar-refractivity contribution in [3.63, 3.8) is 0 Å². The van der Waals surface area contributed by atoms with E-state index in [9.17, 15) is 9.90 Å². The van der Waals surface area contributed by atoms with Crippen molar-refractivity contribution in [2.24, 2.45) is 0 Å². The van der Waals surface area contributed by atoms with Crippen LogP contribution in [0.1, 0.15) is 57.8 Å². The van der Waals surface area contributed by atoms with Gasteiger partial charge in [0.25, 0.3) is 0 Å². The summed E-state index contributed by atoms with van der Waals surface area (Å²) in [4.78, 5) is 11.8. The van der Waals surface area contributed by atoms with Crippen molar-refractivity contribution in [2.45, 2.75) is 76.3 Å². The first-order chi connectivity index (χ1) is 13.3. The van der Waals surface area contributed by atoms with E-state index in [0.717, 1.165) is 6.42 Å². The number of benzene rings is 1.